The van der Waals surface area contributed by atoms with Crippen LogP contribution in [0.5, 0.6) is 0 Å². The zero-order valence-electron chi connectivity index (χ0n) is 9.98. The Labute approximate surface area is 116 Å². The van der Waals surface area contributed by atoms with Gasteiger partial charge < -0.3 is 9.67 Å². The van der Waals surface area contributed by atoms with Gasteiger partial charge in [-0.15, -0.1) is 0 Å². The molecule has 2 aromatic rings. The maximum absolute atomic E-state index is 10.1. The molecule has 18 heavy (non-hydrogen) atoms. The highest BCUT2D eigenvalue weighted by Crippen LogP contribution is 2.25. The molecule has 2 rings (SSSR count). The van der Waals surface area contributed by atoms with Crippen LogP contribution >= 0.6 is 23.2 Å². The second kappa shape index (κ2) is 5.74. The van der Waals surface area contributed by atoms with E-state index in [-0.39, 0.29) is 0 Å². The molecule has 0 saturated heterocycles. The van der Waals surface area contributed by atoms with Gasteiger partial charge in [0.1, 0.15) is 6.10 Å². The third kappa shape index (κ3) is 3.05. The normalized spacial score (nSPS) is 12.7. The molecular formula is C13H14Cl2N2O. The molecule has 1 N–H and O–H groups in total. The average molecular weight is 285 g/mol. The molecule has 3 nitrogen and oxygen atoms in total. The van der Waals surface area contributed by atoms with Gasteiger partial charge in [0.25, 0.3) is 0 Å². The smallest absolute Gasteiger partial charge is 0.101 e. The van der Waals surface area contributed by atoms with Gasteiger partial charge in [-0.3, -0.25) is 0 Å². The second-order valence-electron chi connectivity index (χ2n) is 4.10. The summed E-state index contributed by atoms with van der Waals surface area (Å²) in [5, 5.41) is 11.1. The fourth-order valence-electron chi connectivity index (χ4n) is 1.72. The molecule has 0 fully saturated rings. The first kappa shape index (κ1) is 13.4. The number of hydrogen-bond acceptors (Lipinski definition) is 2. The van der Waals surface area contributed by atoms with Crippen LogP contribution in [-0.2, 0) is 13.0 Å². The number of aliphatic hydroxyl groups excluding tert-OH is 1. The lowest BCUT2D eigenvalue weighted by Gasteiger charge is -2.08. The van der Waals surface area contributed by atoms with E-state index in [1.165, 1.54) is 0 Å². The third-order valence-corrected chi connectivity index (χ3v) is 3.51. The van der Waals surface area contributed by atoms with E-state index in [1.807, 2.05) is 23.8 Å². The first-order chi connectivity index (χ1) is 8.60. The van der Waals surface area contributed by atoms with Crippen LogP contribution in [0.2, 0.25) is 10.0 Å². The van der Waals surface area contributed by atoms with E-state index < -0.39 is 6.10 Å². The lowest BCUT2D eigenvalue weighted by Crippen LogP contribution is -2.02. The minimum Gasteiger partial charge on any atom is -0.386 e. The Morgan fingerprint density at radius 3 is 2.72 bits per heavy atom. The van der Waals surface area contributed by atoms with Crippen molar-refractivity contribution < 1.29 is 5.11 Å². The minimum atomic E-state index is -0.630. The van der Waals surface area contributed by atoms with E-state index in [4.69, 9.17) is 23.2 Å². The summed E-state index contributed by atoms with van der Waals surface area (Å²) in [4.78, 5) is 4.18. The van der Waals surface area contributed by atoms with Gasteiger partial charge in [-0.25, -0.2) is 4.98 Å². The predicted octanol–water partition coefficient (Wildman–Crippen LogP) is 3.49. The van der Waals surface area contributed by atoms with Crippen molar-refractivity contribution in [2.24, 2.45) is 0 Å². The summed E-state index contributed by atoms with van der Waals surface area (Å²) >= 11 is 11.8. The summed E-state index contributed by atoms with van der Waals surface area (Å²) < 4.78 is 1.92. The Hall–Kier alpha value is -1.03. The summed E-state index contributed by atoms with van der Waals surface area (Å²) in [6.45, 7) is 2.86. The zero-order valence-corrected chi connectivity index (χ0v) is 11.5. The standard InChI is InChI=1S/C13H14Cl2N2O/c1-2-17-7-12(16-8-17)13(18)6-9-3-4-10(14)11(15)5-9/h3-5,7-8,13,18H,2,6H2,1H3. The quantitative estimate of drug-likeness (QED) is 0.933. The summed E-state index contributed by atoms with van der Waals surface area (Å²) in [6.07, 6.45) is 3.41. The Kier molecular flexibility index (Phi) is 4.27. The highest BCUT2D eigenvalue weighted by molar-refractivity contribution is 6.42. The summed E-state index contributed by atoms with van der Waals surface area (Å²) in [6, 6.07) is 5.36. The van der Waals surface area contributed by atoms with Crippen molar-refractivity contribution in [2.45, 2.75) is 26.0 Å². The van der Waals surface area contributed by atoms with E-state index in [0.29, 0.717) is 22.2 Å². The molecule has 0 bridgehead atoms. The molecule has 0 aliphatic heterocycles. The molecule has 0 aliphatic carbocycles. The SMILES string of the molecule is CCn1cnc(C(O)Cc2ccc(Cl)c(Cl)c2)c1. The van der Waals surface area contributed by atoms with Crippen LogP contribution in [0.4, 0.5) is 0 Å². The van der Waals surface area contributed by atoms with Gasteiger partial charge in [0, 0.05) is 19.2 Å². The highest BCUT2D eigenvalue weighted by atomic mass is 35.5. The first-order valence-electron chi connectivity index (χ1n) is 5.73. The number of aryl methyl sites for hydroxylation is 1. The number of nitrogens with zero attached hydrogens (tertiary/aromatic N) is 2. The fraction of sp³-hybridized carbons (Fsp3) is 0.308. The van der Waals surface area contributed by atoms with Crippen LogP contribution in [0.1, 0.15) is 24.3 Å². The van der Waals surface area contributed by atoms with Gasteiger partial charge >= 0.3 is 0 Å². The van der Waals surface area contributed by atoms with E-state index in [1.54, 1.807) is 18.5 Å². The molecule has 1 unspecified atom stereocenters. The van der Waals surface area contributed by atoms with E-state index in [0.717, 1.165) is 12.1 Å². The number of benzene rings is 1. The van der Waals surface area contributed by atoms with E-state index in [9.17, 15) is 5.11 Å². The van der Waals surface area contributed by atoms with Crippen molar-refractivity contribution in [3.8, 4) is 0 Å². The van der Waals surface area contributed by atoms with Crippen molar-refractivity contribution >= 4 is 23.2 Å². The van der Waals surface area contributed by atoms with Crippen molar-refractivity contribution in [3.05, 3.63) is 52.0 Å². The van der Waals surface area contributed by atoms with Crippen LogP contribution in [0, 0.1) is 0 Å². The zero-order chi connectivity index (χ0) is 13.1. The Morgan fingerprint density at radius 1 is 1.33 bits per heavy atom. The molecule has 0 radical (unpaired) electrons. The maximum Gasteiger partial charge on any atom is 0.101 e. The van der Waals surface area contributed by atoms with Crippen molar-refractivity contribution in [1.29, 1.82) is 0 Å². The van der Waals surface area contributed by atoms with Gasteiger partial charge in [-0.05, 0) is 24.6 Å². The third-order valence-electron chi connectivity index (χ3n) is 2.77. The first-order valence-corrected chi connectivity index (χ1v) is 6.49. The Balaban J connectivity index is 2.10. The number of hydrogen-bond donors (Lipinski definition) is 1. The molecule has 96 valence electrons. The van der Waals surface area contributed by atoms with Crippen LogP contribution in [0.3, 0.4) is 0 Å². The molecule has 0 aliphatic rings. The molecular weight excluding hydrogens is 271 g/mol. The van der Waals surface area contributed by atoms with Gasteiger partial charge in [-0.2, -0.15) is 0 Å². The second-order valence-corrected chi connectivity index (χ2v) is 4.91. The van der Waals surface area contributed by atoms with Crippen molar-refractivity contribution in [3.63, 3.8) is 0 Å². The Morgan fingerprint density at radius 2 is 2.11 bits per heavy atom. The topological polar surface area (TPSA) is 38.0 Å². The molecule has 1 atom stereocenters. The van der Waals surface area contributed by atoms with Crippen molar-refractivity contribution in [2.75, 3.05) is 0 Å². The predicted molar refractivity (Wildman–Crippen MR) is 73.0 cm³/mol. The van der Waals surface area contributed by atoms with Gasteiger partial charge in [0.15, 0.2) is 0 Å². The number of rotatable bonds is 4. The maximum atomic E-state index is 10.1. The fourth-order valence-corrected chi connectivity index (χ4v) is 2.04. The lowest BCUT2D eigenvalue weighted by atomic mass is 10.1. The molecule has 5 heteroatoms. The molecule has 1 aromatic carbocycles. The summed E-state index contributed by atoms with van der Waals surface area (Å²) in [5.74, 6) is 0. The van der Waals surface area contributed by atoms with Crippen LogP contribution < -0.4 is 0 Å². The van der Waals surface area contributed by atoms with E-state index >= 15 is 0 Å². The minimum absolute atomic E-state index is 0.470. The van der Waals surface area contributed by atoms with Gasteiger partial charge in [0.05, 0.1) is 22.1 Å². The largest absolute Gasteiger partial charge is 0.386 e. The monoisotopic (exact) mass is 284 g/mol. The van der Waals surface area contributed by atoms with E-state index in [2.05, 4.69) is 4.98 Å². The van der Waals surface area contributed by atoms with Gasteiger partial charge in [-0.1, -0.05) is 29.3 Å². The van der Waals surface area contributed by atoms with Crippen LogP contribution in [0.25, 0.3) is 0 Å². The summed E-state index contributed by atoms with van der Waals surface area (Å²) in [7, 11) is 0. The number of aliphatic hydroxyl groups is 1. The van der Waals surface area contributed by atoms with Crippen LogP contribution in [0.15, 0.2) is 30.7 Å². The van der Waals surface area contributed by atoms with Gasteiger partial charge in [0.2, 0.25) is 0 Å². The average Bonchev–Trinajstić information content (AvgIpc) is 2.82. The molecule has 1 aromatic heterocycles. The Bertz CT molecular complexity index is 540. The van der Waals surface area contributed by atoms with Crippen molar-refractivity contribution in [1.82, 2.24) is 9.55 Å². The highest BCUT2D eigenvalue weighted by Gasteiger charge is 2.12. The molecule has 1 heterocycles. The van der Waals surface area contributed by atoms with Crippen LogP contribution in [-0.4, -0.2) is 14.7 Å². The number of halogens is 2. The summed E-state index contributed by atoms with van der Waals surface area (Å²) in [5.41, 5.74) is 1.60. The number of imidazole rings is 1. The molecule has 0 saturated carbocycles. The molecule has 0 amide bonds. The number of aromatic nitrogens is 2. The lowest BCUT2D eigenvalue weighted by molar-refractivity contribution is 0.174. The molecule has 0 spiro atoms.